The number of allylic oxidation sites excluding steroid dienone is 1. The van der Waals surface area contributed by atoms with Gasteiger partial charge < -0.3 is 10.1 Å². The number of carbonyl (C=O) groups excluding carboxylic acids is 1. The topological polar surface area (TPSA) is 93.8 Å². The second-order valence-electron chi connectivity index (χ2n) is 5.40. The van der Waals surface area contributed by atoms with Crippen molar-refractivity contribution in [3.63, 3.8) is 0 Å². The first kappa shape index (κ1) is 16.4. The predicted octanol–water partition coefficient (Wildman–Crippen LogP) is 3.73. The normalized spacial score (nSPS) is 13.6. The first-order chi connectivity index (χ1) is 12.0. The number of nitrogens with zero attached hydrogens (tertiary/aromatic N) is 2. The van der Waals surface area contributed by atoms with Gasteiger partial charge in [-0.05, 0) is 23.8 Å². The lowest BCUT2D eigenvalue weighted by atomic mass is 10.1. The van der Waals surface area contributed by atoms with Gasteiger partial charge in [-0.1, -0.05) is 18.2 Å². The molecule has 1 N–H and O–H groups in total. The van der Waals surface area contributed by atoms with Crippen molar-refractivity contribution in [2.75, 3.05) is 12.4 Å². The molecule has 1 heterocycles. The molecular formula is C18H15N3O4. The van der Waals surface area contributed by atoms with E-state index < -0.39 is 4.92 Å². The second-order valence-corrected chi connectivity index (χ2v) is 5.40. The Labute approximate surface area is 143 Å². The lowest BCUT2D eigenvalue weighted by Gasteiger charge is -2.06. The van der Waals surface area contributed by atoms with E-state index in [1.54, 1.807) is 49.6 Å². The predicted molar refractivity (Wildman–Crippen MR) is 95.5 cm³/mol. The SMILES string of the molecule is COc1ccc2c(c1)NC(=O)CC(/C=C/c1cccc([N+](=O)[O-])c1)=N2. The Bertz CT molecular complexity index is 903. The molecule has 0 fully saturated rings. The first-order valence-corrected chi connectivity index (χ1v) is 7.53. The van der Waals surface area contributed by atoms with Crippen LogP contribution in [0.1, 0.15) is 12.0 Å². The lowest BCUT2D eigenvalue weighted by molar-refractivity contribution is -0.384. The van der Waals surface area contributed by atoms with Crippen LogP contribution in [-0.4, -0.2) is 23.7 Å². The number of hydrogen-bond acceptors (Lipinski definition) is 5. The molecule has 0 saturated heterocycles. The van der Waals surface area contributed by atoms with Gasteiger partial charge >= 0.3 is 0 Å². The van der Waals surface area contributed by atoms with Gasteiger partial charge in [0.2, 0.25) is 5.91 Å². The quantitative estimate of drug-likeness (QED) is 0.679. The van der Waals surface area contributed by atoms with E-state index in [9.17, 15) is 14.9 Å². The van der Waals surface area contributed by atoms with E-state index in [0.717, 1.165) is 0 Å². The number of non-ortho nitro benzene ring substituents is 1. The van der Waals surface area contributed by atoms with Gasteiger partial charge in [-0.25, -0.2) is 0 Å². The fourth-order valence-electron chi connectivity index (χ4n) is 2.42. The van der Waals surface area contributed by atoms with Crippen molar-refractivity contribution < 1.29 is 14.5 Å². The first-order valence-electron chi connectivity index (χ1n) is 7.53. The van der Waals surface area contributed by atoms with E-state index in [0.29, 0.717) is 28.4 Å². The Morgan fingerprint density at radius 2 is 2.08 bits per heavy atom. The van der Waals surface area contributed by atoms with Crippen molar-refractivity contribution in [3.8, 4) is 5.75 Å². The minimum absolute atomic E-state index is 0.0140. The summed E-state index contributed by atoms with van der Waals surface area (Å²) < 4.78 is 5.15. The molecular weight excluding hydrogens is 322 g/mol. The molecule has 0 atom stereocenters. The average molecular weight is 337 g/mol. The number of anilines is 1. The zero-order valence-corrected chi connectivity index (χ0v) is 13.4. The van der Waals surface area contributed by atoms with Gasteiger partial charge in [0.15, 0.2) is 0 Å². The Morgan fingerprint density at radius 1 is 1.24 bits per heavy atom. The third kappa shape index (κ3) is 3.89. The summed E-state index contributed by atoms with van der Waals surface area (Å²) in [6, 6.07) is 11.5. The molecule has 1 amide bonds. The molecule has 2 aromatic rings. The fourth-order valence-corrected chi connectivity index (χ4v) is 2.42. The van der Waals surface area contributed by atoms with Gasteiger partial charge in [0.1, 0.15) is 5.75 Å². The number of nitro benzene ring substituents is 1. The molecule has 0 spiro atoms. The van der Waals surface area contributed by atoms with Crippen LogP contribution in [0.25, 0.3) is 6.08 Å². The minimum Gasteiger partial charge on any atom is -0.497 e. The summed E-state index contributed by atoms with van der Waals surface area (Å²) in [4.78, 5) is 26.9. The van der Waals surface area contributed by atoms with Crippen molar-refractivity contribution >= 4 is 34.8 Å². The second kappa shape index (κ2) is 6.96. The number of aliphatic imine (C=N–C) groups is 1. The zero-order valence-electron chi connectivity index (χ0n) is 13.4. The Morgan fingerprint density at radius 3 is 2.84 bits per heavy atom. The smallest absolute Gasteiger partial charge is 0.270 e. The zero-order chi connectivity index (χ0) is 17.8. The van der Waals surface area contributed by atoms with Gasteiger partial charge in [0, 0.05) is 18.2 Å². The van der Waals surface area contributed by atoms with Crippen LogP contribution < -0.4 is 10.1 Å². The Kier molecular flexibility index (Phi) is 4.56. The molecule has 0 saturated carbocycles. The molecule has 0 aliphatic carbocycles. The molecule has 7 heteroatoms. The Balaban J connectivity index is 1.90. The summed E-state index contributed by atoms with van der Waals surface area (Å²) >= 11 is 0. The maximum absolute atomic E-state index is 12.1. The van der Waals surface area contributed by atoms with Gasteiger partial charge in [-0.15, -0.1) is 0 Å². The molecule has 1 aliphatic heterocycles. The van der Waals surface area contributed by atoms with Crippen molar-refractivity contribution in [2.24, 2.45) is 4.99 Å². The number of amides is 1. The summed E-state index contributed by atoms with van der Waals surface area (Å²) in [5.74, 6) is 0.444. The van der Waals surface area contributed by atoms with Gasteiger partial charge in [0.25, 0.3) is 5.69 Å². The standard InChI is InChI=1S/C18H15N3O4/c1-25-15-7-8-16-17(11-15)20-18(22)10-13(19-16)6-5-12-3-2-4-14(9-12)21(23)24/h2-9,11H,10H2,1H3,(H,20,22)/b6-5+. The lowest BCUT2D eigenvalue weighted by Crippen LogP contribution is -2.13. The maximum Gasteiger partial charge on any atom is 0.270 e. The molecule has 126 valence electrons. The highest BCUT2D eigenvalue weighted by Crippen LogP contribution is 2.31. The van der Waals surface area contributed by atoms with Crippen LogP contribution in [-0.2, 0) is 4.79 Å². The largest absolute Gasteiger partial charge is 0.497 e. The van der Waals surface area contributed by atoms with Crippen molar-refractivity contribution in [2.45, 2.75) is 6.42 Å². The number of rotatable bonds is 4. The van der Waals surface area contributed by atoms with Crippen LogP contribution in [0.5, 0.6) is 5.75 Å². The van der Waals surface area contributed by atoms with Gasteiger partial charge in [0.05, 0.1) is 35.5 Å². The summed E-state index contributed by atoms with van der Waals surface area (Å²) in [6.45, 7) is 0. The van der Waals surface area contributed by atoms with E-state index in [2.05, 4.69) is 10.3 Å². The Hall–Kier alpha value is -3.48. The highest BCUT2D eigenvalue weighted by molar-refractivity contribution is 6.15. The van der Waals surface area contributed by atoms with Crippen molar-refractivity contribution in [1.29, 1.82) is 0 Å². The highest BCUT2D eigenvalue weighted by Gasteiger charge is 2.15. The molecule has 0 unspecified atom stereocenters. The van der Waals surface area contributed by atoms with Crippen molar-refractivity contribution in [3.05, 3.63) is 64.2 Å². The highest BCUT2D eigenvalue weighted by atomic mass is 16.6. The van der Waals surface area contributed by atoms with E-state index in [4.69, 9.17) is 4.74 Å². The molecule has 2 aromatic carbocycles. The third-order valence-corrected chi connectivity index (χ3v) is 3.63. The van der Waals surface area contributed by atoms with Crippen LogP contribution >= 0.6 is 0 Å². The number of benzene rings is 2. The van der Waals surface area contributed by atoms with Gasteiger partial charge in [-0.3, -0.25) is 19.9 Å². The molecule has 25 heavy (non-hydrogen) atoms. The number of carbonyl (C=O) groups is 1. The number of hydrogen-bond donors (Lipinski definition) is 1. The van der Waals surface area contributed by atoms with Crippen LogP contribution in [0.3, 0.4) is 0 Å². The van der Waals surface area contributed by atoms with E-state index in [1.165, 1.54) is 12.1 Å². The van der Waals surface area contributed by atoms with E-state index >= 15 is 0 Å². The minimum atomic E-state index is -0.447. The van der Waals surface area contributed by atoms with E-state index in [1.807, 2.05) is 0 Å². The molecule has 1 aliphatic rings. The van der Waals surface area contributed by atoms with Gasteiger partial charge in [-0.2, -0.15) is 0 Å². The summed E-state index contributed by atoms with van der Waals surface area (Å²) in [6.07, 6.45) is 3.51. The summed E-state index contributed by atoms with van der Waals surface area (Å²) in [5.41, 5.74) is 2.46. The number of methoxy groups -OCH3 is 1. The monoisotopic (exact) mass is 337 g/mol. The number of ether oxygens (including phenoxy) is 1. The maximum atomic E-state index is 12.1. The molecule has 0 aromatic heterocycles. The van der Waals surface area contributed by atoms with Crippen LogP contribution in [0.2, 0.25) is 0 Å². The molecule has 7 nitrogen and oxygen atoms in total. The van der Waals surface area contributed by atoms with E-state index in [-0.39, 0.29) is 18.0 Å². The van der Waals surface area contributed by atoms with Crippen LogP contribution in [0.4, 0.5) is 17.1 Å². The van der Waals surface area contributed by atoms with Crippen LogP contribution in [0.15, 0.2) is 53.5 Å². The summed E-state index contributed by atoms with van der Waals surface area (Å²) in [5, 5.41) is 13.6. The summed E-state index contributed by atoms with van der Waals surface area (Å²) in [7, 11) is 1.55. The number of fused-ring (bicyclic) bond motifs is 1. The number of nitrogens with one attached hydrogen (secondary N) is 1. The number of nitro groups is 1. The molecule has 0 radical (unpaired) electrons. The molecule has 3 rings (SSSR count). The van der Waals surface area contributed by atoms with Crippen LogP contribution in [0, 0.1) is 10.1 Å². The average Bonchev–Trinajstić information content (AvgIpc) is 2.76. The third-order valence-electron chi connectivity index (χ3n) is 3.63. The molecule has 0 bridgehead atoms. The van der Waals surface area contributed by atoms with Crippen molar-refractivity contribution in [1.82, 2.24) is 0 Å². The fraction of sp³-hybridized carbons (Fsp3) is 0.111.